The predicted octanol–water partition coefficient (Wildman–Crippen LogP) is 4.77. The van der Waals surface area contributed by atoms with Gasteiger partial charge in [0.25, 0.3) is 5.69 Å². The number of non-ortho nitro benzene ring substituents is 1. The molecule has 1 heterocycles. The molecule has 0 N–H and O–H groups in total. The van der Waals surface area contributed by atoms with Crippen molar-refractivity contribution in [2.75, 3.05) is 13.7 Å². The predicted molar refractivity (Wildman–Crippen MR) is 120 cm³/mol. The van der Waals surface area contributed by atoms with E-state index in [2.05, 4.69) is 34.2 Å². The number of cyclic esters (lactones) is 1. The highest BCUT2D eigenvalue weighted by molar-refractivity contribution is 14.1. The van der Waals surface area contributed by atoms with Crippen molar-refractivity contribution in [1.82, 2.24) is 0 Å². The summed E-state index contributed by atoms with van der Waals surface area (Å²) in [5.41, 5.74) is 0.609. The van der Waals surface area contributed by atoms with Crippen molar-refractivity contribution in [3.8, 4) is 11.5 Å². The maximum Gasteiger partial charge on any atom is 0.363 e. The quantitative estimate of drug-likeness (QED) is 0.125. The van der Waals surface area contributed by atoms with Gasteiger partial charge in [-0.2, -0.15) is 0 Å². The molecular weight excluding hydrogens is 527 g/mol. The van der Waals surface area contributed by atoms with Crippen LogP contribution < -0.4 is 9.47 Å². The normalized spacial score (nSPS) is 14.3. The molecule has 0 atom stereocenters. The zero-order chi connectivity index (χ0) is 21.8. The van der Waals surface area contributed by atoms with Crippen LogP contribution in [-0.2, 0) is 9.53 Å². The van der Waals surface area contributed by atoms with Crippen LogP contribution in [0.3, 0.4) is 0 Å². The number of halogens is 2. The fourth-order valence-corrected chi connectivity index (χ4v) is 3.56. The summed E-state index contributed by atoms with van der Waals surface area (Å²) in [6, 6.07) is 7.28. The van der Waals surface area contributed by atoms with Gasteiger partial charge in [0.2, 0.25) is 5.90 Å². The lowest BCUT2D eigenvalue weighted by molar-refractivity contribution is -0.384. The van der Waals surface area contributed by atoms with E-state index in [0.29, 0.717) is 23.7 Å². The Morgan fingerprint density at radius 1 is 1.37 bits per heavy atom. The summed E-state index contributed by atoms with van der Waals surface area (Å²) in [5, 5.41) is 11.2. The summed E-state index contributed by atoms with van der Waals surface area (Å²) in [6.45, 7) is 3.93. The van der Waals surface area contributed by atoms with Crippen LogP contribution in [0.4, 0.5) is 5.69 Å². The van der Waals surface area contributed by atoms with Crippen LogP contribution in [0.5, 0.6) is 11.5 Å². The van der Waals surface area contributed by atoms with E-state index in [1.54, 1.807) is 18.2 Å². The molecule has 0 saturated carbocycles. The molecule has 1 aliphatic rings. The van der Waals surface area contributed by atoms with Crippen molar-refractivity contribution >= 4 is 57.8 Å². The van der Waals surface area contributed by atoms with Gasteiger partial charge in [0.05, 0.1) is 26.2 Å². The molecular formula is C20H14ClIN2O6. The summed E-state index contributed by atoms with van der Waals surface area (Å²) in [7, 11) is 1.51. The molecule has 0 unspecified atom stereocenters. The molecule has 3 rings (SSSR count). The smallest absolute Gasteiger partial charge is 0.363 e. The van der Waals surface area contributed by atoms with Crippen LogP contribution in [0.25, 0.3) is 6.08 Å². The molecule has 2 aromatic carbocycles. The fourth-order valence-electron chi connectivity index (χ4n) is 2.58. The van der Waals surface area contributed by atoms with Crippen LogP contribution in [0.15, 0.2) is 53.7 Å². The van der Waals surface area contributed by atoms with Gasteiger partial charge in [-0.05, 0) is 52.4 Å². The van der Waals surface area contributed by atoms with Crippen molar-refractivity contribution in [3.05, 3.63) is 78.5 Å². The third-order valence-electron chi connectivity index (χ3n) is 3.91. The van der Waals surface area contributed by atoms with Crippen molar-refractivity contribution < 1.29 is 23.9 Å². The van der Waals surface area contributed by atoms with E-state index in [4.69, 9.17) is 25.8 Å². The number of ether oxygens (including phenoxy) is 3. The van der Waals surface area contributed by atoms with E-state index < -0.39 is 10.9 Å². The van der Waals surface area contributed by atoms with Gasteiger partial charge >= 0.3 is 5.97 Å². The lowest BCUT2D eigenvalue weighted by Gasteiger charge is -2.12. The molecule has 2 aromatic rings. The maximum atomic E-state index is 12.3. The first-order chi connectivity index (χ1) is 14.3. The fraction of sp³-hybridized carbons (Fsp3) is 0.100. The number of carbonyl (C=O) groups is 1. The Labute approximate surface area is 190 Å². The van der Waals surface area contributed by atoms with E-state index >= 15 is 0 Å². The minimum atomic E-state index is -0.700. The van der Waals surface area contributed by atoms with Crippen LogP contribution in [0.1, 0.15) is 11.1 Å². The summed E-state index contributed by atoms with van der Waals surface area (Å²) >= 11 is 8.20. The monoisotopic (exact) mass is 540 g/mol. The first-order valence-electron chi connectivity index (χ1n) is 8.42. The number of hydrogen-bond acceptors (Lipinski definition) is 7. The molecule has 0 spiro atoms. The lowest BCUT2D eigenvalue weighted by atomic mass is 10.1. The van der Waals surface area contributed by atoms with Crippen LogP contribution in [0.2, 0.25) is 5.02 Å². The molecule has 0 radical (unpaired) electrons. The number of rotatable bonds is 7. The second-order valence-corrected chi connectivity index (χ2v) is 7.46. The van der Waals surface area contributed by atoms with E-state index in [1.165, 1.54) is 31.4 Å². The number of hydrogen-bond donors (Lipinski definition) is 0. The highest BCUT2D eigenvalue weighted by Crippen LogP contribution is 2.35. The third-order valence-corrected chi connectivity index (χ3v) is 5.04. The standard InChI is InChI=1S/C20H14ClIN2O6/c1-3-6-29-18-15(22)7-11(9-17(18)28-2)8-16-20(25)30-19(23-16)13-10-12(24(26)27)4-5-14(13)21/h3-5,7-10H,1,6H2,2H3/b16-8-. The van der Waals surface area contributed by atoms with Gasteiger partial charge in [-0.3, -0.25) is 10.1 Å². The Kier molecular flexibility index (Phi) is 6.73. The van der Waals surface area contributed by atoms with Crippen LogP contribution in [0, 0.1) is 13.7 Å². The van der Waals surface area contributed by atoms with Crippen molar-refractivity contribution in [2.45, 2.75) is 0 Å². The second-order valence-electron chi connectivity index (χ2n) is 5.89. The topological polar surface area (TPSA) is 100 Å². The second kappa shape index (κ2) is 9.26. The largest absolute Gasteiger partial charge is 0.493 e. The first-order valence-corrected chi connectivity index (χ1v) is 9.87. The van der Waals surface area contributed by atoms with E-state index in [-0.39, 0.29) is 27.9 Å². The number of aliphatic imine (C=N–C) groups is 1. The molecule has 0 saturated heterocycles. The average Bonchev–Trinajstić information content (AvgIpc) is 3.07. The number of nitrogens with zero attached hydrogens (tertiary/aromatic N) is 2. The molecule has 10 heteroatoms. The Morgan fingerprint density at radius 2 is 2.13 bits per heavy atom. The summed E-state index contributed by atoms with van der Waals surface area (Å²) in [5.74, 6) is 0.232. The molecule has 0 amide bonds. The molecule has 1 aliphatic heterocycles. The Hall–Kier alpha value is -2.92. The number of nitro groups is 1. The van der Waals surface area contributed by atoms with Gasteiger partial charge < -0.3 is 14.2 Å². The molecule has 30 heavy (non-hydrogen) atoms. The highest BCUT2D eigenvalue weighted by Gasteiger charge is 2.27. The average molecular weight is 541 g/mol. The van der Waals surface area contributed by atoms with Crippen molar-refractivity contribution in [1.29, 1.82) is 0 Å². The van der Waals surface area contributed by atoms with E-state index in [1.807, 2.05) is 0 Å². The zero-order valence-corrected chi connectivity index (χ0v) is 18.5. The van der Waals surface area contributed by atoms with Gasteiger partial charge in [-0.15, -0.1) is 0 Å². The number of esters is 1. The number of nitro benzene ring substituents is 1. The number of methoxy groups -OCH3 is 1. The molecule has 0 aromatic heterocycles. The third kappa shape index (κ3) is 4.62. The van der Waals surface area contributed by atoms with Gasteiger partial charge in [-0.25, -0.2) is 9.79 Å². The molecule has 0 fully saturated rings. The molecule has 0 aliphatic carbocycles. The maximum absolute atomic E-state index is 12.3. The minimum absolute atomic E-state index is 0.0187. The van der Waals surface area contributed by atoms with Crippen LogP contribution in [-0.4, -0.2) is 30.5 Å². The van der Waals surface area contributed by atoms with Crippen molar-refractivity contribution in [2.24, 2.45) is 4.99 Å². The minimum Gasteiger partial charge on any atom is -0.493 e. The lowest BCUT2D eigenvalue weighted by Crippen LogP contribution is -2.06. The highest BCUT2D eigenvalue weighted by atomic mass is 127. The first kappa shape index (κ1) is 21.8. The SMILES string of the molecule is C=CCOc1c(I)cc(/C=C2\N=C(c3cc([N+](=O)[O-])ccc3Cl)OC2=O)cc1OC. The zero-order valence-electron chi connectivity index (χ0n) is 15.6. The number of benzene rings is 2. The Balaban J connectivity index is 1.99. The van der Waals surface area contributed by atoms with Gasteiger partial charge in [0.15, 0.2) is 17.2 Å². The molecule has 8 nitrogen and oxygen atoms in total. The van der Waals surface area contributed by atoms with Crippen molar-refractivity contribution in [3.63, 3.8) is 0 Å². The van der Waals surface area contributed by atoms with Gasteiger partial charge in [0, 0.05) is 12.1 Å². The Bertz CT molecular complexity index is 1110. The van der Waals surface area contributed by atoms with E-state index in [9.17, 15) is 14.9 Å². The molecule has 0 bridgehead atoms. The summed E-state index contributed by atoms with van der Waals surface area (Å²) in [4.78, 5) is 26.9. The van der Waals surface area contributed by atoms with Gasteiger partial charge in [-0.1, -0.05) is 24.3 Å². The molecule has 154 valence electrons. The Morgan fingerprint density at radius 3 is 2.80 bits per heavy atom. The summed E-state index contributed by atoms with van der Waals surface area (Å²) in [6.07, 6.45) is 3.14. The summed E-state index contributed by atoms with van der Waals surface area (Å²) < 4.78 is 16.9. The van der Waals surface area contributed by atoms with Gasteiger partial charge in [0.1, 0.15) is 6.61 Å². The van der Waals surface area contributed by atoms with E-state index in [0.717, 1.165) is 3.57 Å². The number of carbonyl (C=O) groups excluding carboxylic acids is 1. The van der Waals surface area contributed by atoms with Crippen LogP contribution >= 0.6 is 34.2 Å².